The highest BCUT2D eigenvalue weighted by atomic mass is 19.4. The van der Waals surface area contributed by atoms with E-state index in [2.05, 4.69) is 9.97 Å². The quantitative estimate of drug-likeness (QED) is 0.455. The van der Waals surface area contributed by atoms with Crippen LogP contribution in [0.5, 0.6) is 5.75 Å². The van der Waals surface area contributed by atoms with Gasteiger partial charge >= 0.3 is 6.18 Å². The minimum Gasteiger partial charge on any atom is -0.494 e. The number of hydrogen-bond acceptors (Lipinski definition) is 5. The first-order chi connectivity index (χ1) is 14.2. The Hall–Kier alpha value is -3.63. The summed E-state index contributed by atoms with van der Waals surface area (Å²) in [7, 11) is 1.27. The molecule has 156 valence electrons. The highest BCUT2D eigenvalue weighted by Gasteiger charge is 2.31. The van der Waals surface area contributed by atoms with Gasteiger partial charge in [0.15, 0.2) is 6.29 Å². The van der Waals surface area contributed by atoms with Crippen molar-refractivity contribution in [1.29, 1.82) is 0 Å². The molecule has 0 unspecified atom stereocenters. The first-order valence-electron chi connectivity index (χ1n) is 8.23. The maximum absolute atomic E-state index is 13.1. The van der Waals surface area contributed by atoms with Crippen LogP contribution in [0.2, 0.25) is 0 Å². The molecule has 0 spiro atoms. The Morgan fingerprint density at radius 3 is 2.40 bits per heavy atom. The van der Waals surface area contributed by atoms with Gasteiger partial charge in [0.2, 0.25) is 0 Å². The fourth-order valence-corrected chi connectivity index (χ4v) is 2.71. The van der Waals surface area contributed by atoms with E-state index in [1.54, 1.807) is 0 Å². The van der Waals surface area contributed by atoms with E-state index < -0.39 is 29.4 Å². The highest BCUT2D eigenvalue weighted by molar-refractivity contribution is 5.89. The second-order valence-corrected chi connectivity index (χ2v) is 5.98. The molecule has 3 rings (SSSR count). The van der Waals surface area contributed by atoms with E-state index in [9.17, 15) is 31.5 Å². The van der Waals surface area contributed by atoms with Crippen LogP contribution in [0.4, 0.5) is 22.0 Å². The van der Waals surface area contributed by atoms with E-state index in [-0.39, 0.29) is 28.3 Å². The lowest BCUT2D eigenvalue weighted by Gasteiger charge is -2.14. The van der Waals surface area contributed by atoms with Crippen molar-refractivity contribution in [3.05, 3.63) is 70.0 Å². The minimum absolute atomic E-state index is 0.0107. The summed E-state index contributed by atoms with van der Waals surface area (Å²) in [5.41, 5.74) is -2.57. The Labute approximate surface area is 165 Å². The number of rotatable bonds is 5. The lowest BCUT2D eigenvalue weighted by atomic mass is 10.0. The highest BCUT2D eigenvalue weighted by Crippen LogP contribution is 2.34. The first kappa shape index (κ1) is 21.1. The number of ether oxygens (including phenoxy) is 1. The Bertz CT molecular complexity index is 1160. The van der Waals surface area contributed by atoms with Crippen LogP contribution >= 0.6 is 0 Å². The van der Waals surface area contributed by atoms with Gasteiger partial charge in [-0.15, -0.1) is 0 Å². The number of pyridine rings is 3. The second kappa shape index (κ2) is 8.01. The van der Waals surface area contributed by atoms with Gasteiger partial charge in [0.25, 0.3) is 12.0 Å². The molecule has 3 aromatic rings. The molecular weight excluding hydrogens is 413 g/mol. The van der Waals surface area contributed by atoms with Gasteiger partial charge in [-0.25, -0.2) is 13.8 Å². The molecule has 0 aliphatic rings. The zero-order valence-corrected chi connectivity index (χ0v) is 15.2. The molecule has 6 nitrogen and oxygen atoms in total. The van der Waals surface area contributed by atoms with Crippen LogP contribution < -0.4 is 10.3 Å². The number of aldehydes is 1. The van der Waals surface area contributed by atoms with Gasteiger partial charge in [-0.1, -0.05) is 0 Å². The van der Waals surface area contributed by atoms with Crippen LogP contribution in [0.15, 0.2) is 47.7 Å². The van der Waals surface area contributed by atoms with Crippen LogP contribution in [0.1, 0.15) is 28.0 Å². The fourth-order valence-electron chi connectivity index (χ4n) is 2.71. The van der Waals surface area contributed by atoms with Crippen LogP contribution in [0.25, 0.3) is 16.9 Å². The molecule has 0 bridgehead atoms. The summed E-state index contributed by atoms with van der Waals surface area (Å²) in [6.45, 7) is 0. The van der Waals surface area contributed by atoms with Crippen LogP contribution in [-0.2, 0) is 6.18 Å². The van der Waals surface area contributed by atoms with Crippen molar-refractivity contribution >= 4 is 6.29 Å². The molecule has 0 saturated heterocycles. The molecule has 0 fully saturated rings. The summed E-state index contributed by atoms with van der Waals surface area (Å²) < 4.78 is 70.5. The van der Waals surface area contributed by atoms with Gasteiger partial charge in [0, 0.05) is 35.2 Å². The van der Waals surface area contributed by atoms with Crippen molar-refractivity contribution in [1.82, 2.24) is 14.5 Å². The Morgan fingerprint density at radius 2 is 1.83 bits per heavy atom. The van der Waals surface area contributed by atoms with Crippen molar-refractivity contribution < 1.29 is 31.5 Å². The van der Waals surface area contributed by atoms with Crippen LogP contribution in [0.3, 0.4) is 0 Å². The molecule has 0 aliphatic heterocycles. The van der Waals surface area contributed by atoms with Crippen molar-refractivity contribution in [3.8, 4) is 22.7 Å². The summed E-state index contributed by atoms with van der Waals surface area (Å²) in [6, 6.07) is 3.33. The lowest BCUT2D eigenvalue weighted by Crippen LogP contribution is -2.21. The predicted octanol–water partition coefficient (Wildman–Crippen LogP) is 4.07. The normalized spacial score (nSPS) is 11.6. The minimum atomic E-state index is -4.70. The fraction of sp³-hybridized carbons (Fsp3) is 0.158. The van der Waals surface area contributed by atoms with E-state index in [1.807, 2.05) is 0 Å². The summed E-state index contributed by atoms with van der Waals surface area (Å²) in [4.78, 5) is 31.1. The molecule has 0 aromatic carbocycles. The number of hydrogen-bond donors (Lipinski definition) is 0. The Balaban J connectivity index is 2.20. The van der Waals surface area contributed by atoms with E-state index in [4.69, 9.17) is 4.74 Å². The van der Waals surface area contributed by atoms with Gasteiger partial charge in [-0.3, -0.25) is 19.1 Å². The third-order valence-corrected chi connectivity index (χ3v) is 4.16. The number of alkyl halides is 5. The smallest absolute Gasteiger partial charge is 0.416 e. The summed E-state index contributed by atoms with van der Waals surface area (Å²) >= 11 is 0. The molecule has 3 heterocycles. The van der Waals surface area contributed by atoms with Gasteiger partial charge < -0.3 is 4.74 Å². The van der Waals surface area contributed by atoms with Crippen molar-refractivity contribution in [3.63, 3.8) is 0 Å². The Morgan fingerprint density at radius 1 is 1.10 bits per heavy atom. The van der Waals surface area contributed by atoms with E-state index in [1.165, 1.54) is 13.2 Å². The maximum Gasteiger partial charge on any atom is 0.416 e. The topological polar surface area (TPSA) is 74.1 Å². The van der Waals surface area contributed by atoms with Crippen molar-refractivity contribution in [2.75, 3.05) is 7.11 Å². The summed E-state index contributed by atoms with van der Waals surface area (Å²) in [5, 5.41) is 0. The molecule has 0 atom stereocenters. The van der Waals surface area contributed by atoms with Crippen molar-refractivity contribution in [2.24, 2.45) is 0 Å². The van der Waals surface area contributed by atoms with Crippen molar-refractivity contribution in [2.45, 2.75) is 12.6 Å². The average Bonchev–Trinajstić information content (AvgIpc) is 2.72. The van der Waals surface area contributed by atoms with Gasteiger partial charge in [0.05, 0.1) is 18.9 Å². The van der Waals surface area contributed by atoms with Gasteiger partial charge in [0.1, 0.15) is 17.3 Å². The SMILES string of the molecule is COc1cnc(C(F)F)cc1-c1cc(-n2ccc(C(F)(F)F)cc2=O)ncc1C=O. The predicted molar refractivity (Wildman–Crippen MR) is 95.0 cm³/mol. The summed E-state index contributed by atoms with van der Waals surface area (Å²) in [5.74, 6) is -0.0498. The van der Waals surface area contributed by atoms with Gasteiger partial charge in [-0.05, 0) is 18.2 Å². The lowest BCUT2D eigenvalue weighted by molar-refractivity contribution is -0.137. The average molecular weight is 425 g/mol. The zero-order chi connectivity index (χ0) is 22.1. The number of carbonyl (C=O) groups is 1. The molecule has 0 aliphatic carbocycles. The van der Waals surface area contributed by atoms with E-state index in [0.717, 1.165) is 29.2 Å². The number of carbonyl (C=O) groups excluding carboxylic acids is 1. The Kier molecular flexibility index (Phi) is 5.63. The molecule has 0 amide bonds. The number of methoxy groups -OCH3 is 1. The molecule has 0 saturated carbocycles. The second-order valence-electron chi connectivity index (χ2n) is 5.98. The molecule has 0 N–H and O–H groups in total. The van der Waals surface area contributed by atoms with E-state index >= 15 is 0 Å². The maximum atomic E-state index is 13.1. The monoisotopic (exact) mass is 425 g/mol. The third kappa shape index (κ3) is 4.04. The molecule has 3 aromatic heterocycles. The molecule has 0 radical (unpaired) electrons. The van der Waals surface area contributed by atoms with E-state index in [0.29, 0.717) is 18.4 Å². The van der Waals surface area contributed by atoms with Gasteiger partial charge in [-0.2, -0.15) is 13.2 Å². The molecule has 11 heteroatoms. The zero-order valence-electron chi connectivity index (χ0n) is 15.2. The molecule has 30 heavy (non-hydrogen) atoms. The first-order valence-corrected chi connectivity index (χ1v) is 8.23. The molecular formula is C19H12F5N3O3. The standard InChI is InChI=1S/C19H12F5N3O3/c1-30-15-8-25-14(18(20)21)5-13(15)12-6-16(26-7-10(12)9-28)27-3-2-11(4-17(27)29)19(22,23)24/h2-9,18H,1H3. The number of aromatic nitrogens is 3. The third-order valence-electron chi connectivity index (χ3n) is 4.16. The van der Waals surface area contributed by atoms with Crippen LogP contribution in [0, 0.1) is 0 Å². The number of nitrogens with zero attached hydrogens (tertiary/aromatic N) is 3. The number of halogens is 5. The largest absolute Gasteiger partial charge is 0.494 e. The van der Waals surface area contributed by atoms with Crippen LogP contribution in [-0.4, -0.2) is 27.9 Å². The summed E-state index contributed by atoms with van der Waals surface area (Å²) in [6.07, 6.45) is -4.17.